The summed E-state index contributed by atoms with van der Waals surface area (Å²) >= 11 is 0. The van der Waals surface area contributed by atoms with Crippen LogP contribution in [-0.4, -0.2) is 28.6 Å². The molecule has 0 saturated heterocycles. The van der Waals surface area contributed by atoms with Crippen molar-refractivity contribution in [1.82, 2.24) is 9.78 Å². The molecule has 0 aliphatic rings. The van der Waals surface area contributed by atoms with Gasteiger partial charge in [-0.1, -0.05) is 6.92 Å². The van der Waals surface area contributed by atoms with Gasteiger partial charge in [-0.2, -0.15) is 5.10 Å². The molecule has 0 aliphatic heterocycles. The van der Waals surface area contributed by atoms with Crippen LogP contribution < -0.4 is 10.6 Å². The largest absolute Gasteiger partial charge is 0.366 e. The van der Waals surface area contributed by atoms with Gasteiger partial charge in [-0.25, -0.2) is 9.07 Å². The van der Waals surface area contributed by atoms with E-state index in [9.17, 15) is 14.0 Å². The lowest BCUT2D eigenvalue weighted by molar-refractivity contribution is 0.0988. The van der Waals surface area contributed by atoms with E-state index in [4.69, 9.17) is 5.73 Å². The lowest BCUT2D eigenvalue weighted by Gasteiger charge is -2.18. The van der Waals surface area contributed by atoms with Crippen LogP contribution in [0.3, 0.4) is 0 Å². The van der Waals surface area contributed by atoms with Crippen LogP contribution in [0.4, 0.5) is 10.1 Å². The number of benzene rings is 2. The second kappa shape index (κ2) is 7.41. The molecule has 0 atom stereocenters. The lowest BCUT2D eigenvalue weighted by atomic mass is 10.1. The average molecular weight is 366 g/mol. The molecule has 0 saturated carbocycles. The topological polar surface area (TPSA) is 81.2 Å². The standard InChI is InChI=1S/C20H19FN4O2/c1-3-18-17(12-23-25(18)16-10-6-14(21)7-11-16)20(27)24(2)15-8-4-13(5-9-15)19(22)26/h4-12H,3H2,1-2H3,(H2,22,26). The Morgan fingerprint density at radius 3 is 2.30 bits per heavy atom. The van der Waals surface area contributed by atoms with Crippen LogP contribution in [0.25, 0.3) is 5.69 Å². The molecule has 0 spiro atoms. The molecule has 1 aromatic heterocycles. The van der Waals surface area contributed by atoms with Gasteiger partial charge < -0.3 is 10.6 Å². The molecular weight excluding hydrogens is 347 g/mol. The zero-order chi connectivity index (χ0) is 19.6. The second-order valence-electron chi connectivity index (χ2n) is 6.02. The third kappa shape index (κ3) is 3.57. The number of nitrogens with two attached hydrogens (primary N) is 1. The van der Waals surface area contributed by atoms with E-state index < -0.39 is 5.91 Å². The number of amides is 2. The van der Waals surface area contributed by atoms with E-state index in [1.165, 1.54) is 23.2 Å². The lowest BCUT2D eigenvalue weighted by Crippen LogP contribution is -2.27. The zero-order valence-electron chi connectivity index (χ0n) is 15.0. The number of hydrogen-bond acceptors (Lipinski definition) is 3. The van der Waals surface area contributed by atoms with Crippen LogP contribution in [0, 0.1) is 5.82 Å². The van der Waals surface area contributed by atoms with E-state index in [0.29, 0.717) is 28.9 Å². The maximum atomic E-state index is 13.2. The van der Waals surface area contributed by atoms with Gasteiger partial charge in [-0.15, -0.1) is 0 Å². The summed E-state index contributed by atoms with van der Waals surface area (Å²) in [5.74, 6) is -1.09. The molecule has 0 unspecified atom stereocenters. The molecule has 0 fully saturated rings. The van der Waals surface area contributed by atoms with E-state index >= 15 is 0 Å². The molecule has 2 aromatic carbocycles. The summed E-state index contributed by atoms with van der Waals surface area (Å²) in [6.07, 6.45) is 2.09. The molecule has 2 amide bonds. The van der Waals surface area contributed by atoms with Gasteiger partial charge in [0, 0.05) is 18.3 Å². The van der Waals surface area contributed by atoms with Crippen LogP contribution >= 0.6 is 0 Å². The Morgan fingerprint density at radius 1 is 1.11 bits per heavy atom. The van der Waals surface area contributed by atoms with Crippen LogP contribution in [-0.2, 0) is 6.42 Å². The maximum Gasteiger partial charge on any atom is 0.261 e. The van der Waals surface area contributed by atoms with E-state index in [-0.39, 0.29) is 11.7 Å². The van der Waals surface area contributed by atoms with Gasteiger partial charge in [0.15, 0.2) is 0 Å². The summed E-state index contributed by atoms with van der Waals surface area (Å²) in [5, 5.41) is 4.31. The van der Waals surface area contributed by atoms with Crippen molar-refractivity contribution in [2.24, 2.45) is 5.73 Å². The highest BCUT2D eigenvalue weighted by Crippen LogP contribution is 2.21. The Bertz CT molecular complexity index is 978. The SMILES string of the molecule is CCc1c(C(=O)N(C)c2ccc(C(N)=O)cc2)cnn1-c1ccc(F)cc1. The number of nitrogens with zero attached hydrogens (tertiary/aromatic N) is 3. The molecule has 27 heavy (non-hydrogen) atoms. The minimum Gasteiger partial charge on any atom is -0.366 e. The Kier molecular flexibility index (Phi) is 5.03. The average Bonchev–Trinajstić information content (AvgIpc) is 3.11. The Hall–Kier alpha value is -3.48. The number of aromatic nitrogens is 2. The highest BCUT2D eigenvalue weighted by atomic mass is 19.1. The number of hydrogen-bond donors (Lipinski definition) is 1. The van der Waals surface area contributed by atoms with E-state index in [0.717, 1.165) is 5.69 Å². The third-order valence-corrected chi connectivity index (χ3v) is 4.35. The van der Waals surface area contributed by atoms with Crippen LogP contribution in [0.1, 0.15) is 33.3 Å². The molecule has 6 nitrogen and oxygen atoms in total. The van der Waals surface area contributed by atoms with Crippen molar-refractivity contribution in [3.05, 3.63) is 77.4 Å². The fourth-order valence-electron chi connectivity index (χ4n) is 2.84. The van der Waals surface area contributed by atoms with Crippen molar-refractivity contribution in [2.75, 3.05) is 11.9 Å². The minimum atomic E-state index is -0.524. The first-order chi connectivity index (χ1) is 12.9. The van der Waals surface area contributed by atoms with Gasteiger partial charge in [0.2, 0.25) is 5.91 Å². The van der Waals surface area contributed by atoms with E-state index in [1.807, 2.05) is 6.92 Å². The van der Waals surface area contributed by atoms with Gasteiger partial charge in [-0.05, 0) is 55.0 Å². The minimum absolute atomic E-state index is 0.230. The van der Waals surface area contributed by atoms with Crippen LogP contribution in [0.2, 0.25) is 0 Å². The first-order valence-corrected chi connectivity index (χ1v) is 8.43. The summed E-state index contributed by atoms with van der Waals surface area (Å²) in [7, 11) is 1.65. The zero-order valence-corrected chi connectivity index (χ0v) is 15.0. The van der Waals surface area contributed by atoms with Crippen molar-refractivity contribution < 1.29 is 14.0 Å². The summed E-state index contributed by atoms with van der Waals surface area (Å²) in [5.41, 5.74) is 8.11. The molecule has 0 bridgehead atoms. The summed E-state index contributed by atoms with van der Waals surface area (Å²) in [6, 6.07) is 12.4. The molecule has 1 heterocycles. The number of rotatable bonds is 5. The number of carbonyl (C=O) groups excluding carboxylic acids is 2. The molecule has 3 rings (SSSR count). The predicted molar refractivity (Wildman–Crippen MR) is 101 cm³/mol. The first kappa shape index (κ1) is 18.3. The number of halogens is 1. The van der Waals surface area contributed by atoms with Crippen molar-refractivity contribution >= 4 is 17.5 Å². The molecule has 7 heteroatoms. The monoisotopic (exact) mass is 366 g/mol. The van der Waals surface area contributed by atoms with Crippen molar-refractivity contribution in [3.63, 3.8) is 0 Å². The second-order valence-corrected chi connectivity index (χ2v) is 6.02. The third-order valence-electron chi connectivity index (χ3n) is 4.35. The summed E-state index contributed by atoms with van der Waals surface area (Å²) < 4.78 is 14.8. The van der Waals surface area contributed by atoms with Crippen molar-refractivity contribution in [2.45, 2.75) is 13.3 Å². The van der Waals surface area contributed by atoms with Gasteiger partial charge in [-0.3, -0.25) is 9.59 Å². The van der Waals surface area contributed by atoms with Crippen LogP contribution in [0.5, 0.6) is 0 Å². The highest BCUT2D eigenvalue weighted by molar-refractivity contribution is 6.06. The normalized spacial score (nSPS) is 10.6. The Balaban J connectivity index is 1.92. The Morgan fingerprint density at radius 2 is 1.74 bits per heavy atom. The molecule has 2 N–H and O–H groups in total. The fourth-order valence-corrected chi connectivity index (χ4v) is 2.84. The molecule has 0 radical (unpaired) electrons. The van der Waals surface area contributed by atoms with Gasteiger partial charge >= 0.3 is 0 Å². The summed E-state index contributed by atoms with van der Waals surface area (Å²) in [6.45, 7) is 1.93. The number of anilines is 1. The fraction of sp³-hybridized carbons (Fsp3) is 0.150. The van der Waals surface area contributed by atoms with E-state index in [2.05, 4.69) is 5.10 Å². The van der Waals surface area contributed by atoms with Crippen molar-refractivity contribution in [3.8, 4) is 5.69 Å². The smallest absolute Gasteiger partial charge is 0.261 e. The van der Waals surface area contributed by atoms with E-state index in [1.54, 1.807) is 48.1 Å². The first-order valence-electron chi connectivity index (χ1n) is 8.43. The maximum absolute atomic E-state index is 13.2. The quantitative estimate of drug-likeness (QED) is 0.754. The van der Waals surface area contributed by atoms with Gasteiger partial charge in [0.1, 0.15) is 5.82 Å². The molecule has 3 aromatic rings. The Labute approximate surface area is 156 Å². The predicted octanol–water partition coefficient (Wildman–Crippen LogP) is 2.95. The molecular formula is C20H19FN4O2. The van der Waals surface area contributed by atoms with Gasteiger partial charge in [0.05, 0.1) is 23.1 Å². The van der Waals surface area contributed by atoms with Gasteiger partial charge in [0.25, 0.3) is 5.91 Å². The van der Waals surface area contributed by atoms with Crippen molar-refractivity contribution in [1.29, 1.82) is 0 Å². The molecule has 0 aliphatic carbocycles. The van der Waals surface area contributed by atoms with Crippen LogP contribution in [0.15, 0.2) is 54.7 Å². The highest BCUT2D eigenvalue weighted by Gasteiger charge is 2.21. The number of carbonyl (C=O) groups is 2. The number of primary amides is 1. The summed E-state index contributed by atoms with van der Waals surface area (Å²) in [4.78, 5) is 25.6. The molecule has 138 valence electrons.